The molecule has 0 spiro atoms. The summed E-state index contributed by atoms with van der Waals surface area (Å²) in [6.45, 7) is 0. The summed E-state index contributed by atoms with van der Waals surface area (Å²) >= 11 is 0. The summed E-state index contributed by atoms with van der Waals surface area (Å²) in [5.74, 6) is 0. The molecule has 0 aliphatic carbocycles. The quantitative estimate of drug-likeness (QED) is 0.116. The van der Waals surface area contributed by atoms with Crippen molar-refractivity contribution in [3.63, 3.8) is 0 Å². The number of fused-ring (bicyclic) bond motifs is 7. The molecule has 0 unspecified atom stereocenters. The third-order valence-electron chi connectivity index (χ3n) is 17.9. The predicted molar refractivity (Wildman–Crippen MR) is 377 cm³/mol. The maximum absolute atomic E-state index is 2.50. The van der Waals surface area contributed by atoms with Crippen LogP contribution in [-0.4, -0.2) is 18.3 Å². The molecule has 0 saturated heterocycles. The highest BCUT2D eigenvalue weighted by Gasteiger charge is 2.31. The number of nitrogens with zero attached hydrogens (tertiary/aromatic N) is 4. The van der Waals surface area contributed by atoms with Crippen LogP contribution < -0.4 is 0 Å². The Hall–Kier alpha value is -12.0. The molecular weight excluding hydrogens is 1090 g/mol. The van der Waals surface area contributed by atoms with E-state index in [1.54, 1.807) is 0 Å². The van der Waals surface area contributed by atoms with E-state index in [1.165, 1.54) is 43.8 Å². The Bertz CT molecular complexity index is 4920. The molecule has 4 heteroatoms. The van der Waals surface area contributed by atoms with Gasteiger partial charge in [0.1, 0.15) is 0 Å². The van der Waals surface area contributed by atoms with Crippen molar-refractivity contribution in [3.8, 4) is 112 Å². The fraction of sp³-hybridized carbons (Fsp3) is 0. The van der Waals surface area contributed by atoms with Crippen molar-refractivity contribution < 1.29 is 0 Å². The van der Waals surface area contributed by atoms with E-state index in [1.807, 2.05) is 0 Å². The summed E-state index contributed by atoms with van der Waals surface area (Å²) < 4.78 is 9.99. The van der Waals surface area contributed by atoms with Gasteiger partial charge in [-0.1, -0.05) is 279 Å². The zero-order chi connectivity index (χ0) is 59.5. The number of rotatable bonds is 12. The van der Waals surface area contributed by atoms with Gasteiger partial charge in [-0.05, 0) is 106 Å². The first kappa shape index (κ1) is 52.4. The van der Waals surface area contributed by atoms with Crippen LogP contribution in [0.2, 0.25) is 0 Å². The molecule has 0 bridgehead atoms. The van der Waals surface area contributed by atoms with Crippen LogP contribution >= 0.6 is 0 Å². The molecule has 0 fully saturated rings. The smallest absolute Gasteiger partial charge is 0.0620 e. The molecular formula is C86H58N4. The Morgan fingerprint density at radius 2 is 0.400 bits per heavy atom. The van der Waals surface area contributed by atoms with Crippen LogP contribution in [0.3, 0.4) is 0 Å². The van der Waals surface area contributed by atoms with Gasteiger partial charge in [-0.15, -0.1) is 0 Å². The lowest BCUT2D eigenvalue weighted by Gasteiger charge is -2.17. The van der Waals surface area contributed by atoms with Crippen LogP contribution in [0.5, 0.6) is 0 Å². The Morgan fingerprint density at radius 1 is 0.156 bits per heavy atom. The van der Waals surface area contributed by atoms with Gasteiger partial charge in [0, 0.05) is 77.7 Å². The molecule has 4 aromatic heterocycles. The minimum atomic E-state index is 1.08. The summed E-state index contributed by atoms with van der Waals surface area (Å²) in [6.07, 6.45) is 0. The van der Waals surface area contributed by atoms with Crippen LogP contribution in [0.4, 0.5) is 0 Å². The molecule has 0 atom stereocenters. The molecule has 17 rings (SSSR count). The van der Waals surface area contributed by atoms with Gasteiger partial charge in [-0.25, -0.2) is 0 Å². The van der Waals surface area contributed by atoms with Crippen LogP contribution in [0.25, 0.3) is 156 Å². The van der Waals surface area contributed by atoms with Crippen molar-refractivity contribution >= 4 is 43.6 Å². The number of aromatic nitrogens is 4. The van der Waals surface area contributed by atoms with Gasteiger partial charge in [-0.2, -0.15) is 0 Å². The van der Waals surface area contributed by atoms with E-state index >= 15 is 0 Å². The van der Waals surface area contributed by atoms with E-state index in [0.29, 0.717) is 0 Å². The highest BCUT2D eigenvalue weighted by atomic mass is 15.0. The highest BCUT2D eigenvalue weighted by molar-refractivity contribution is 6.29. The average molecular weight is 1150 g/mol. The summed E-state index contributed by atoms with van der Waals surface area (Å²) in [6, 6.07) is 129. The van der Waals surface area contributed by atoms with Crippen molar-refractivity contribution in [2.24, 2.45) is 0 Å². The summed E-state index contributed by atoms with van der Waals surface area (Å²) in [4.78, 5) is 0. The predicted octanol–water partition coefficient (Wildman–Crippen LogP) is 22.8. The van der Waals surface area contributed by atoms with Gasteiger partial charge in [0.2, 0.25) is 0 Å². The topological polar surface area (TPSA) is 19.7 Å². The Balaban J connectivity index is 0.906. The largest absolute Gasteiger partial charge is 0.309 e. The van der Waals surface area contributed by atoms with E-state index in [9.17, 15) is 0 Å². The molecule has 0 radical (unpaired) electrons. The van der Waals surface area contributed by atoms with Gasteiger partial charge in [-0.3, -0.25) is 0 Å². The minimum absolute atomic E-state index is 1.08. The van der Waals surface area contributed by atoms with Crippen LogP contribution in [0, 0.1) is 0 Å². The summed E-state index contributed by atoms with van der Waals surface area (Å²) in [5.41, 5.74) is 27.3. The van der Waals surface area contributed by atoms with Crippen molar-refractivity contribution in [2.45, 2.75) is 0 Å². The van der Waals surface area contributed by atoms with Crippen LogP contribution in [-0.2, 0) is 0 Å². The second kappa shape index (κ2) is 22.1. The Morgan fingerprint density at radius 3 is 0.722 bits per heavy atom. The summed E-state index contributed by atoms with van der Waals surface area (Å²) in [5, 5.41) is 4.84. The van der Waals surface area contributed by atoms with Gasteiger partial charge in [0.25, 0.3) is 0 Å². The van der Waals surface area contributed by atoms with Crippen molar-refractivity contribution in [3.05, 3.63) is 352 Å². The van der Waals surface area contributed by atoms with Crippen molar-refractivity contribution in [1.82, 2.24) is 18.3 Å². The lowest BCUT2D eigenvalue weighted by atomic mass is 9.91. The zero-order valence-corrected chi connectivity index (χ0v) is 49.3. The van der Waals surface area contributed by atoms with Crippen molar-refractivity contribution in [2.75, 3.05) is 0 Å². The maximum Gasteiger partial charge on any atom is 0.0620 e. The zero-order valence-electron chi connectivity index (χ0n) is 49.3. The number of benzene rings is 13. The molecule has 0 aliphatic heterocycles. The minimum Gasteiger partial charge on any atom is -0.309 e. The molecule has 13 aromatic carbocycles. The van der Waals surface area contributed by atoms with E-state index in [4.69, 9.17) is 0 Å². The Kier molecular flexibility index (Phi) is 12.8. The lowest BCUT2D eigenvalue weighted by Crippen LogP contribution is -2.01. The summed E-state index contributed by atoms with van der Waals surface area (Å²) in [7, 11) is 0. The number of hydrogen-bond donors (Lipinski definition) is 0. The molecule has 0 N–H and O–H groups in total. The van der Waals surface area contributed by atoms with Gasteiger partial charge in [0.15, 0.2) is 0 Å². The Labute approximate surface area is 523 Å². The monoisotopic (exact) mass is 1150 g/mol. The molecule has 0 aliphatic rings. The first-order valence-electron chi connectivity index (χ1n) is 30.9. The highest BCUT2D eigenvalue weighted by Crippen LogP contribution is 2.53. The molecule has 0 saturated carbocycles. The SMILES string of the molecule is c1ccc(-c2c(-c3ccccc3)c(-c3cccc(-n4c5ccccc5c5c6c7ccccc7n(-c7cccc(-c8c(-c9ccccc9)c(-c9ccccc9)c(-c9ccccc9)n8-c8ccccc8)c7)c6ccc54)c3)n(-c3ccccc3)c2-c2ccccc2)cc1. The molecule has 17 aromatic rings. The van der Waals surface area contributed by atoms with E-state index in [0.717, 1.165) is 112 Å². The van der Waals surface area contributed by atoms with Crippen molar-refractivity contribution in [1.29, 1.82) is 0 Å². The normalized spacial score (nSPS) is 11.6. The number of para-hydroxylation sites is 4. The standard InChI is InChI=1S/C86H58N4/c1-9-31-59(32-10-1)77-79(61-35-13-3-14-36-61)85(89(67-45-21-7-22-46-67)83(77)63-39-17-5-18-40-63)65-43-29-49-69(57-65)87-73-53-27-25-51-71(73)81-75(87)55-56-76-82(81)72-52-26-28-54-74(72)88(76)70-50-30-44-66(58-70)86-80(62-37-15-4-16-38-62)78(60-33-11-2-12-34-60)84(64-41-19-6-20-42-64)90(86)68-47-23-8-24-48-68/h1-58H. The first-order chi connectivity index (χ1) is 44.7. The maximum atomic E-state index is 2.50. The molecule has 4 heterocycles. The first-order valence-corrected chi connectivity index (χ1v) is 30.9. The average Bonchev–Trinajstić information content (AvgIpc) is 1.57. The van der Waals surface area contributed by atoms with Gasteiger partial charge in [0.05, 0.1) is 44.8 Å². The fourth-order valence-electron chi connectivity index (χ4n) is 14.3. The van der Waals surface area contributed by atoms with E-state index in [2.05, 4.69) is 370 Å². The number of hydrogen-bond acceptors (Lipinski definition) is 0. The van der Waals surface area contributed by atoms with Gasteiger partial charge >= 0.3 is 0 Å². The van der Waals surface area contributed by atoms with Crippen LogP contribution in [0.15, 0.2) is 352 Å². The molecule has 4 nitrogen and oxygen atoms in total. The second-order valence-corrected chi connectivity index (χ2v) is 23.1. The second-order valence-electron chi connectivity index (χ2n) is 23.1. The fourth-order valence-corrected chi connectivity index (χ4v) is 14.3. The van der Waals surface area contributed by atoms with Gasteiger partial charge < -0.3 is 18.3 Å². The van der Waals surface area contributed by atoms with E-state index in [-0.39, 0.29) is 0 Å². The third kappa shape index (κ3) is 8.60. The molecule has 422 valence electrons. The third-order valence-corrected chi connectivity index (χ3v) is 17.9. The lowest BCUT2D eigenvalue weighted by molar-refractivity contribution is 1.09. The van der Waals surface area contributed by atoms with Crippen LogP contribution in [0.1, 0.15) is 0 Å². The van der Waals surface area contributed by atoms with E-state index < -0.39 is 0 Å². The molecule has 90 heavy (non-hydrogen) atoms. The molecule has 0 amide bonds.